The predicted octanol–water partition coefficient (Wildman–Crippen LogP) is 2.57. The molecule has 1 aromatic carbocycles. The molecule has 0 spiro atoms. The summed E-state index contributed by atoms with van der Waals surface area (Å²) in [5.74, 6) is 0.00831. The van der Waals surface area contributed by atoms with Gasteiger partial charge in [0, 0.05) is 38.1 Å². The zero-order chi connectivity index (χ0) is 22.0. The first-order chi connectivity index (χ1) is 14.8. The van der Waals surface area contributed by atoms with Crippen molar-refractivity contribution in [2.45, 2.75) is 12.7 Å². The average molecular weight is 434 g/mol. The van der Waals surface area contributed by atoms with Crippen LogP contribution in [0.4, 0.5) is 29.2 Å². The van der Waals surface area contributed by atoms with E-state index in [1.54, 1.807) is 12.1 Å². The zero-order valence-electron chi connectivity index (χ0n) is 16.3. The third-order valence-electron chi connectivity index (χ3n) is 4.98. The van der Waals surface area contributed by atoms with E-state index in [0.29, 0.717) is 37.7 Å². The zero-order valence-corrected chi connectivity index (χ0v) is 16.3. The molecule has 1 saturated heterocycles. The lowest BCUT2D eigenvalue weighted by Gasteiger charge is -2.36. The molecular formula is C20H18F4N6O. The van der Waals surface area contributed by atoms with Crippen LogP contribution in [0.2, 0.25) is 0 Å². The van der Waals surface area contributed by atoms with Gasteiger partial charge in [0.2, 0.25) is 5.95 Å². The van der Waals surface area contributed by atoms with Crippen LogP contribution in [0.5, 0.6) is 0 Å². The van der Waals surface area contributed by atoms with Crippen LogP contribution < -0.4 is 15.5 Å². The first-order valence-corrected chi connectivity index (χ1v) is 9.51. The highest BCUT2D eigenvalue weighted by atomic mass is 19.4. The number of hydrogen-bond acceptors (Lipinski definition) is 6. The Bertz CT molecular complexity index is 1090. The van der Waals surface area contributed by atoms with Crippen LogP contribution in [0, 0.1) is 5.82 Å². The van der Waals surface area contributed by atoms with E-state index in [2.05, 4.69) is 19.9 Å². The number of pyridine rings is 1. The third kappa shape index (κ3) is 4.81. The highest BCUT2D eigenvalue weighted by Crippen LogP contribution is 2.27. The number of alkyl halides is 3. The Kier molecular flexibility index (Phi) is 5.57. The molecule has 0 N–H and O–H groups in total. The van der Waals surface area contributed by atoms with Gasteiger partial charge in [0.25, 0.3) is 0 Å². The van der Waals surface area contributed by atoms with Gasteiger partial charge in [-0.2, -0.15) is 18.2 Å². The first kappa shape index (κ1) is 20.8. The Morgan fingerprint density at radius 3 is 2.16 bits per heavy atom. The van der Waals surface area contributed by atoms with Gasteiger partial charge >= 0.3 is 11.9 Å². The summed E-state index contributed by atoms with van der Waals surface area (Å²) in [5.41, 5.74) is -0.192. The number of anilines is 2. The van der Waals surface area contributed by atoms with Gasteiger partial charge in [0.15, 0.2) is 0 Å². The summed E-state index contributed by atoms with van der Waals surface area (Å²) in [7, 11) is 0. The van der Waals surface area contributed by atoms with E-state index in [1.807, 2.05) is 4.90 Å². The summed E-state index contributed by atoms with van der Waals surface area (Å²) in [6, 6.07) is 8.41. The van der Waals surface area contributed by atoms with Crippen LogP contribution in [0.1, 0.15) is 11.3 Å². The largest absolute Gasteiger partial charge is 0.433 e. The molecule has 1 aliphatic rings. The van der Waals surface area contributed by atoms with Crippen molar-refractivity contribution < 1.29 is 17.6 Å². The molecule has 11 heteroatoms. The van der Waals surface area contributed by atoms with E-state index < -0.39 is 17.6 Å². The van der Waals surface area contributed by atoms with E-state index >= 15 is 0 Å². The molecular weight excluding hydrogens is 416 g/mol. The SMILES string of the molecule is O=c1nc(N2CCN(c3ccc(F)cc3)CC2)ncn1Cc1ccc(C(F)(F)F)nc1. The van der Waals surface area contributed by atoms with Gasteiger partial charge in [0.1, 0.15) is 17.8 Å². The monoisotopic (exact) mass is 434 g/mol. The highest BCUT2D eigenvalue weighted by molar-refractivity contribution is 5.48. The lowest BCUT2D eigenvalue weighted by molar-refractivity contribution is -0.141. The van der Waals surface area contributed by atoms with Crippen molar-refractivity contribution in [3.05, 3.63) is 76.5 Å². The van der Waals surface area contributed by atoms with E-state index in [-0.39, 0.29) is 12.4 Å². The summed E-state index contributed by atoms with van der Waals surface area (Å²) in [6.07, 6.45) is -2.10. The van der Waals surface area contributed by atoms with Crippen LogP contribution in [-0.2, 0) is 12.7 Å². The molecule has 3 heterocycles. The van der Waals surface area contributed by atoms with E-state index in [0.717, 1.165) is 18.0 Å². The summed E-state index contributed by atoms with van der Waals surface area (Å²) in [6.45, 7) is 2.51. The average Bonchev–Trinajstić information content (AvgIpc) is 2.76. The van der Waals surface area contributed by atoms with Crippen molar-refractivity contribution in [3.63, 3.8) is 0 Å². The maximum absolute atomic E-state index is 13.1. The molecule has 2 aromatic heterocycles. The Morgan fingerprint density at radius 1 is 0.903 bits per heavy atom. The minimum absolute atomic E-state index is 0.0165. The lowest BCUT2D eigenvalue weighted by atomic mass is 10.2. The minimum Gasteiger partial charge on any atom is -0.368 e. The van der Waals surface area contributed by atoms with Crippen molar-refractivity contribution in [3.8, 4) is 0 Å². The van der Waals surface area contributed by atoms with Crippen LogP contribution in [-0.4, -0.2) is 45.7 Å². The molecule has 0 amide bonds. The molecule has 0 unspecified atom stereocenters. The molecule has 162 valence electrons. The van der Waals surface area contributed by atoms with Crippen LogP contribution in [0.15, 0.2) is 53.7 Å². The Balaban J connectivity index is 1.40. The van der Waals surface area contributed by atoms with Gasteiger partial charge in [-0.15, -0.1) is 0 Å². The lowest BCUT2D eigenvalue weighted by Crippen LogP contribution is -2.47. The summed E-state index contributed by atoms with van der Waals surface area (Å²) in [5, 5.41) is 0. The number of hydrogen-bond donors (Lipinski definition) is 0. The van der Waals surface area contributed by atoms with Gasteiger partial charge in [0.05, 0.1) is 6.54 Å². The standard InChI is InChI=1S/C20H18F4N6O/c21-15-2-4-16(5-3-15)28-7-9-29(10-8-28)18-26-13-30(19(31)27-18)12-14-1-6-17(25-11-14)20(22,23)24/h1-6,11,13H,7-10,12H2. The number of nitrogens with zero attached hydrogens (tertiary/aromatic N) is 6. The van der Waals surface area contributed by atoms with E-state index in [4.69, 9.17) is 0 Å². The van der Waals surface area contributed by atoms with Crippen molar-refractivity contribution in [1.29, 1.82) is 0 Å². The van der Waals surface area contributed by atoms with Crippen molar-refractivity contribution in [1.82, 2.24) is 19.5 Å². The van der Waals surface area contributed by atoms with E-state index in [9.17, 15) is 22.4 Å². The molecule has 0 saturated carbocycles. The molecule has 3 aromatic rings. The quantitative estimate of drug-likeness (QED) is 0.588. The molecule has 1 fully saturated rings. The van der Waals surface area contributed by atoms with Crippen molar-refractivity contribution in [2.24, 2.45) is 0 Å². The van der Waals surface area contributed by atoms with Crippen molar-refractivity contribution >= 4 is 11.6 Å². The maximum Gasteiger partial charge on any atom is 0.433 e. The number of benzene rings is 1. The highest BCUT2D eigenvalue weighted by Gasteiger charge is 2.32. The maximum atomic E-state index is 13.1. The third-order valence-corrected chi connectivity index (χ3v) is 4.98. The summed E-state index contributed by atoms with van der Waals surface area (Å²) >= 11 is 0. The molecule has 4 rings (SSSR count). The Hall–Kier alpha value is -3.50. The topological polar surface area (TPSA) is 67.2 Å². The number of aromatic nitrogens is 4. The van der Waals surface area contributed by atoms with Crippen LogP contribution >= 0.6 is 0 Å². The fourth-order valence-electron chi connectivity index (χ4n) is 3.31. The van der Waals surface area contributed by atoms with Gasteiger partial charge in [-0.05, 0) is 35.9 Å². The summed E-state index contributed by atoms with van der Waals surface area (Å²) in [4.78, 5) is 28.0. The predicted molar refractivity (Wildman–Crippen MR) is 105 cm³/mol. The molecule has 31 heavy (non-hydrogen) atoms. The smallest absolute Gasteiger partial charge is 0.368 e. The normalized spacial score (nSPS) is 14.7. The minimum atomic E-state index is -4.51. The van der Waals surface area contributed by atoms with Crippen LogP contribution in [0.3, 0.4) is 0 Å². The second-order valence-corrected chi connectivity index (χ2v) is 7.07. The number of halogens is 4. The van der Waals surface area contributed by atoms with E-state index in [1.165, 1.54) is 29.1 Å². The molecule has 7 nitrogen and oxygen atoms in total. The molecule has 0 radical (unpaired) electrons. The fraction of sp³-hybridized carbons (Fsp3) is 0.300. The number of rotatable bonds is 4. The summed E-state index contributed by atoms with van der Waals surface area (Å²) < 4.78 is 52.1. The fourth-order valence-corrected chi connectivity index (χ4v) is 3.31. The van der Waals surface area contributed by atoms with Crippen molar-refractivity contribution in [2.75, 3.05) is 36.0 Å². The Labute approximate surface area is 174 Å². The molecule has 0 aliphatic carbocycles. The first-order valence-electron chi connectivity index (χ1n) is 9.51. The van der Waals surface area contributed by atoms with Gasteiger partial charge in [-0.3, -0.25) is 9.55 Å². The molecule has 0 bridgehead atoms. The Morgan fingerprint density at radius 2 is 1.58 bits per heavy atom. The van der Waals surface area contributed by atoms with Gasteiger partial charge in [-0.1, -0.05) is 6.07 Å². The van der Waals surface area contributed by atoms with Gasteiger partial charge < -0.3 is 9.80 Å². The molecule has 0 atom stereocenters. The second-order valence-electron chi connectivity index (χ2n) is 7.07. The number of piperazine rings is 1. The van der Waals surface area contributed by atoms with Gasteiger partial charge in [-0.25, -0.2) is 14.2 Å². The second kappa shape index (κ2) is 8.32. The molecule has 1 aliphatic heterocycles. The van der Waals surface area contributed by atoms with Crippen LogP contribution in [0.25, 0.3) is 0 Å².